The highest BCUT2D eigenvalue weighted by atomic mass is 16.5. The molecule has 142 valence electrons. The van der Waals surface area contributed by atoms with Crippen LogP contribution in [0.25, 0.3) is 10.9 Å². The fraction of sp³-hybridized carbons (Fsp3) is 0.500. The molecule has 1 heterocycles. The first-order valence-corrected chi connectivity index (χ1v) is 9.11. The molecule has 0 aliphatic carbocycles. The van der Waals surface area contributed by atoms with Gasteiger partial charge in [-0.15, -0.1) is 0 Å². The van der Waals surface area contributed by atoms with E-state index in [2.05, 4.69) is 0 Å². The number of hydrogen-bond donors (Lipinski definition) is 0. The molecule has 0 aliphatic rings. The van der Waals surface area contributed by atoms with E-state index in [1.807, 2.05) is 43.5 Å². The number of carbonyl (C=O) groups excluding carboxylic acids is 2. The van der Waals surface area contributed by atoms with E-state index in [1.165, 1.54) is 0 Å². The second-order valence-corrected chi connectivity index (χ2v) is 6.11. The van der Waals surface area contributed by atoms with Gasteiger partial charge in [0.1, 0.15) is 11.4 Å². The minimum absolute atomic E-state index is 0.0946. The van der Waals surface area contributed by atoms with Gasteiger partial charge in [-0.3, -0.25) is 9.59 Å². The lowest BCUT2D eigenvalue weighted by Gasteiger charge is -2.18. The number of hydrogen-bond acceptors (Lipinski definition) is 4. The summed E-state index contributed by atoms with van der Waals surface area (Å²) in [5.41, 5.74) is 2.59. The maximum atomic E-state index is 13.0. The van der Waals surface area contributed by atoms with Gasteiger partial charge in [-0.1, -0.05) is 0 Å². The molecule has 6 nitrogen and oxygen atoms in total. The number of nitrogens with zero attached hydrogens (tertiary/aromatic N) is 2. The van der Waals surface area contributed by atoms with Crippen LogP contribution < -0.4 is 4.74 Å². The molecule has 0 saturated carbocycles. The third-order valence-corrected chi connectivity index (χ3v) is 4.42. The monoisotopic (exact) mass is 360 g/mol. The van der Waals surface area contributed by atoms with Crippen molar-refractivity contribution in [2.75, 3.05) is 26.8 Å². The highest BCUT2D eigenvalue weighted by Gasteiger charge is 2.23. The number of aromatic nitrogens is 1. The van der Waals surface area contributed by atoms with E-state index in [0.29, 0.717) is 32.0 Å². The SMILES string of the molecule is CCOC(=O)CCN(C)C(=O)c1c(C)c2cc(OCC)ccc2n1CC. The molecule has 0 aliphatic heterocycles. The number of amides is 1. The van der Waals surface area contributed by atoms with Gasteiger partial charge in [0.25, 0.3) is 5.91 Å². The Kier molecular flexibility index (Phi) is 6.66. The van der Waals surface area contributed by atoms with Crippen LogP contribution in [0.5, 0.6) is 5.75 Å². The Morgan fingerprint density at radius 3 is 2.50 bits per heavy atom. The Morgan fingerprint density at radius 1 is 1.15 bits per heavy atom. The zero-order valence-electron chi connectivity index (χ0n) is 16.3. The minimum Gasteiger partial charge on any atom is -0.494 e. The van der Waals surface area contributed by atoms with Crippen molar-refractivity contribution in [3.63, 3.8) is 0 Å². The topological polar surface area (TPSA) is 60.8 Å². The highest BCUT2D eigenvalue weighted by Crippen LogP contribution is 2.30. The molecule has 1 amide bonds. The second kappa shape index (κ2) is 8.74. The van der Waals surface area contributed by atoms with Crippen molar-refractivity contribution in [1.82, 2.24) is 9.47 Å². The number of carbonyl (C=O) groups is 2. The van der Waals surface area contributed by atoms with E-state index in [9.17, 15) is 9.59 Å². The molecule has 0 bridgehead atoms. The van der Waals surface area contributed by atoms with Crippen LogP contribution in [0.1, 0.15) is 43.2 Å². The molecule has 2 aromatic rings. The summed E-state index contributed by atoms with van der Waals surface area (Å²) in [6, 6.07) is 5.90. The van der Waals surface area contributed by atoms with E-state index in [-0.39, 0.29) is 18.3 Å². The molecule has 0 spiro atoms. The third-order valence-electron chi connectivity index (χ3n) is 4.42. The van der Waals surface area contributed by atoms with Crippen LogP contribution in [0.3, 0.4) is 0 Å². The summed E-state index contributed by atoms with van der Waals surface area (Å²) in [4.78, 5) is 26.2. The molecule has 26 heavy (non-hydrogen) atoms. The van der Waals surface area contributed by atoms with Gasteiger partial charge in [0.15, 0.2) is 0 Å². The number of rotatable bonds is 8. The Labute approximate surface area is 154 Å². The maximum absolute atomic E-state index is 13.0. The predicted molar refractivity (Wildman–Crippen MR) is 102 cm³/mol. The number of esters is 1. The normalized spacial score (nSPS) is 10.8. The number of ether oxygens (including phenoxy) is 2. The summed E-state index contributed by atoms with van der Waals surface area (Å²) in [5, 5.41) is 1.01. The van der Waals surface area contributed by atoms with Crippen molar-refractivity contribution in [3.8, 4) is 5.75 Å². The fourth-order valence-corrected chi connectivity index (χ4v) is 3.14. The summed E-state index contributed by atoms with van der Waals surface area (Å²) >= 11 is 0. The number of fused-ring (bicyclic) bond motifs is 1. The quantitative estimate of drug-likeness (QED) is 0.677. The van der Waals surface area contributed by atoms with Crippen molar-refractivity contribution in [2.24, 2.45) is 0 Å². The van der Waals surface area contributed by atoms with Crippen LogP contribution >= 0.6 is 0 Å². The molecule has 2 rings (SSSR count). The molecular weight excluding hydrogens is 332 g/mol. The Hall–Kier alpha value is -2.50. The average molecular weight is 360 g/mol. The Morgan fingerprint density at radius 2 is 1.88 bits per heavy atom. The van der Waals surface area contributed by atoms with Crippen molar-refractivity contribution >= 4 is 22.8 Å². The molecule has 0 saturated heterocycles. The van der Waals surface area contributed by atoms with Gasteiger partial charge in [-0.25, -0.2) is 0 Å². The summed E-state index contributed by atoms with van der Waals surface area (Å²) in [6.07, 6.45) is 0.190. The fourth-order valence-electron chi connectivity index (χ4n) is 3.14. The summed E-state index contributed by atoms with van der Waals surface area (Å²) in [5.74, 6) is 0.412. The molecule has 0 fully saturated rings. The molecule has 0 radical (unpaired) electrons. The lowest BCUT2D eigenvalue weighted by molar-refractivity contribution is -0.143. The van der Waals surface area contributed by atoms with Crippen LogP contribution in [0.4, 0.5) is 0 Å². The van der Waals surface area contributed by atoms with Gasteiger partial charge >= 0.3 is 5.97 Å². The van der Waals surface area contributed by atoms with E-state index in [0.717, 1.165) is 22.2 Å². The lowest BCUT2D eigenvalue weighted by Crippen LogP contribution is -2.31. The Bertz CT molecular complexity index is 795. The van der Waals surface area contributed by atoms with Crippen LogP contribution in [0.2, 0.25) is 0 Å². The van der Waals surface area contributed by atoms with Crippen LogP contribution in [-0.2, 0) is 16.1 Å². The zero-order chi connectivity index (χ0) is 19.3. The summed E-state index contributed by atoms with van der Waals surface area (Å²) in [7, 11) is 1.71. The predicted octanol–water partition coefficient (Wildman–Crippen LogP) is 3.39. The first kappa shape index (κ1) is 19.8. The second-order valence-electron chi connectivity index (χ2n) is 6.11. The van der Waals surface area contributed by atoms with E-state index < -0.39 is 0 Å². The van der Waals surface area contributed by atoms with E-state index in [4.69, 9.17) is 9.47 Å². The average Bonchev–Trinajstić information content (AvgIpc) is 2.91. The van der Waals surface area contributed by atoms with Crippen molar-refractivity contribution in [3.05, 3.63) is 29.5 Å². The summed E-state index contributed by atoms with van der Waals surface area (Å²) in [6.45, 7) is 9.65. The van der Waals surface area contributed by atoms with Crippen molar-refractivity contribution in [2.45, 2.75) is 40.7 Å². The summed E-state index contributed by atoms with van der Waals surface area (Å²) < 4.78 is 12.5. The third kappa shape index (κ3) is 4.00. The molecule has 0 N–H and O–H groups in total. The van der Waals surface area contributed by atoms with Gasteiger partial charge in [-0.05, 0) is 51.5 Å². The van der Waals surface area contributed by atoms with Gasteiger partial charge in [0, 0.05) is 31.0 Å². The largest absolute Gasteiger partial charge is 0.494 e. The smallest absolute Gasteiger partial charge is 0.307 e. The van der Waals surface area contributed by atoms with Crippen LogP contribution in [-0.4, -0.2) is 48.1 Å². The molecule has 1 aromatic carbocycles. The van der Waals surface area contributed by atoms with Crippen molar-refractivity contribution < 1.29 is 19.1 Å². The van der Waals surface area contributed by atoms with Gasteiger partial charge < -0.3 is 18.9 Å². The highest BCUT2D eigenvalue weighted by molar-refractivity contribution is 6.02. The zero-order valence-corrected chi connectivity index (χ0v) is 16.3. The lowest BCUT2D eigenvalue weighted by atomic mass is 10.1. The van der Waals surface area contributed by atoms with Gasteiger partial charge in [0.2, 0.25) is 0 Å². The molecule has 0 atom stereocenters. The van der Waals surface area contributed by atoms with Crippen LogP contribution in [0.15, 0.2) is 18.2 Å². The van der Waals surface area contributed by atoms with Gasteiger partial charge in [-0.2, -0.15) is 0 Å². The minimum atomic E-state index is -0.290. The standard InChI is InChI=1S/C20H28N2O4/c1-6-22-17-10-9-15(25-7-2)13-16(17)14(4)19(22)20(24)21(5)12-11-18(23)26-8-3/h9-10,13H,6-8,11-12H2,1-5H3. The molecule has 0 unspecified atom stereocenters. The van der Waals surface area contributed by atoms with Gasteiger partial charge in [0.05, 0.1) is 19.6 Å². The Balaban J connectivity index is 2.33. The van der Waals surface area contributed by atoms with Crippen LogP contribution in [0, 0.1) is 6.92 Å². The van der Waals surface area contributed by atoms with E-state index in [1.54, 1.807) is 18.9 Å². The molecule has 6 heteroatoms. The first-order chi connectivity index (χ1) is 12.4. The maximum Gasteiger partial charge on any atom is 0.307 e. The van der Waals surface area contributed by atoms with Crippen molar-refractivity contribution in [1.29, 1.82) is 0 Å². The first-order valence-electron chi connectivity index (χ1n) is 9.11. The van der Waals surface area contributed by atoms with E-state index >= 15 is 0 Å². The number of benzene rings is 1. The molecular formula is C20H28N2O4. The molecule has 1 aromatic heterocycles. The number of aryl methyl sites for hydroxylation is 2.